The van der Waals surface area contributed by atoms with E-state index in [0.717, 1.165) is 0 Å². The number of hydrogen-bond acceptors (Lipinski definition) is 7. The summed E-state index contributed by atoms with van der Waals surface area (Å²) in [7, 11) is 0. The van der Waals surface area contributed by atoms with E-state index >= 15 is 0 Å². The molecule has 0 aromatic carbocycles. The van der Waals surface area contributed by atoms with Gasteiger partial charge in [-0.2, -0.15) is 0 Å². The Labute approximate surface area is 119 Å². The zero-order valence-corrected chi connectivity index (χ0v) is 11.4. The summed E-state index contributed by atoms with van der Waals surface area (Å²) in [5.74, 6) is -7.86. The first-order chi connectivity index (χ1) is 9.49. The molecule has 10 heteroatoms. The van der Waals surface area contributed by atoms with Gasteiger partial charge in [0.15, 0.2) is 0 Å². The van der Waals surface area contributed by atoms with Crippen LogP contribution in [0.1, 0.15) is 26.2 Å². The highest BCUT2D eigenvalue weighted by Crippen LogP contribution is 2.22. The molecule has 0 radical (unpaired) electrons. The van der Waals surface area contributed by atoms with Gasteiger partial charge in [-0.15, -0.1) is 0 Å². The lowest BCUT2D eigenvalue weighted by atomic mass is 9.85. The molecule has 0 heterocycles. The molecule has 0 saturated heterocycles. The molecule has 0 bridgehead atoms. The predicted octanol–water partition coefficient (Wildman–Crippen LogP) is -1.93. The number of hydrogen-bond donors (Lipinski definition) is 7. The van der Waals surface area contributed by atoms with E-state index in [-0.39, 0.29) is 0 Å². The highest BCUT2D eigenvalue weighted by Gasteiger charge is 2.36. The Morgan fingerprint density at radius 2 is 1.33 bits per heavy atom. The maximum Gasteiger partial charge on any atom is 0.364 e. The Kier molecular flexibility index (Phi) is 9.47. The van der Waals surface area contributed by atoms with Gasteiger partial charge in [-0.25, -0.2) is 4.79 Å². The fraction of sp³-hybridized carbons (Fsp3) is 0.727. The third-order valence-electron chi connectivity index (χ3n) is 2.53. The van der Waals surface area contributed by atoms with Gasteiger partial charge in [0.05, 0.1) is 13.2 Å². The van der Waals surface area contributed by atoms with E-state index in [1.807, 2.05) is 6.92 Å². The van der Waals surface area contributed by atoms with Crippen LogP contribution in [0.3, 0.4) is 0 Å². The molecule has 10 nitrogen and oxygen atoms in total. The molecule has 0 aromatic heterocycles. The SMILES string of the molecule is CCCC(CO)(CO)C(=O)O.O=C(O)CC(O)(O)C(=O)O. The van der Waals surface area contributed by atoms with E-state index in [4.69, 9.17) is 35.7 Å². The Morgan fingerprint density at radius 1 is 0.905 bits per heavy atom. The van der Waals surface area contributed by atoms with E-state index in [0.29, 0.717) is 12.8 Å². The van der Waals surface area contributed by atoms with E-state index in [1.54, 1.807) is 0 Å². The monoisotopic (exact) mass is 312 g/mol. The molecule has 0 unspecified atom stereocenters. The summed E-state index contributed by atoms with van der Waals surface area (Å²) in [4.78, 5) is 30.1. The first kappa shape index (κ1) is 21.5. The number of carboxylic acid groups (broad SMARTS) is 3. The molecule has 0 spiro atoms. The standard InChI is InChI=1S/C7H14O4.C4H6O6/c1-2-3-7(4-8,5-9)6(10)11;5-2(6)1-4(9,10)3(7)8/h8-9H,2-5H2,1H3,(H,10,11);9-10H,1H2,(H,5,6)(H,7,8). The smallest absolute Gasteiger partial charge is 0.364 e. The third kappa shape index (κ3) is 7.56. The van der Waals surface area contributed by atoms with Crippen molar-refractivity contribution in [1.82, 2.24) is 0 Å². The van der Waals surface area contributed by atoms with Crippen LogP contribution in [0.5, 0.6) is 0 Å². The lowest BCUT2D eigenvalue weighted by molar-refractivity contribution is -0.208. The predicted molar refractivity (Wildman–Crippen MR) is 66.2 cm³/mol. The van der Waals surface area contributed by atoms with Crippen molar-refractivity contribution < 1.29 is 50.1 Å². The second-order valence-electron chi connectivity index (χ2n) is 4.34. The average Bonchev–Trinajstić information content (AvgIpc) is 2.34. The molecule has 0 aromatic rings. The average molecular weight is 312 g/mol. The maximum atomic E-state index is 10.6. The first-order valence-corrected chi connectivity index (χ1v) is 5.84. The largest absolute Gasteiger partial charge is 0.481 e. The van der Waals surface area contributed by atoms with Crippen molar-refractivity contribution in [3.8, 4) is 0 Å². The van der Waals surface area contributed by atoms with Gasteiger partial charge < -0.3 is 35.7 Å². The minimum Gasteiger partial charge on any atom is -0.481 e. The molecule has 0 aliphatic rings. The molecule has 0 aliphatic heterocycles. The summed E-state index contributed by atoms with van der Waals surface area (Å²) in [6.07, 6.45) is -0.301. The molecular weight excluding hydrogens is 292 g/mol. The van der Waals surface area contributed by atoms with Gasteiger partial charge in [-0.3, -0.25) is 9.59 Å². The molecule has 124 valence electrons. The Balaban J connectivity index is 0. The number of aliphatic hydroxyl groups excluding tert-OH is 2. The van der Waals surface area contributed by atoms with Crippen LogP contribution < -0.4 is 0 Å². The molecule has 21 heavy (non-hydrogen) atoms. The van der Waals surface area contributed by atoms with Crippen LogP contribution in [-0.4, -0.2) is 72.7 Å². The fourth-order valence-electron chi connectivity index (χ4n) is 1.22. The van der Waals surface area contributed by atoms with Crippen molar-refractivity contribution in [3.63, 3.8) is 0 Å². The summed E-state index contributed by atoms with van der Waals surface area (Å²) in [5, 5.41) is 58.6. The number of rotatable bonds is 8. The summed E-state index contributed by atoms with van der Waals surface area (Å²) < 4.78 is 0. The van der Waals surface area contributed by atoms with Gasteiger partial charge in [0.2, 0.25) is 0 Å². The second kappa shape index (κ2) is 9.23. The number of carboxylic acids is 3. The van der Waals surface area contributed by atoms with Crippen molar-refractivity contribution in [2.75, 3.05) is 13.2 Å². The summed E-state index contributed by atoms with van der Waals surface area (Å²) in [6, 6.07) is 0. The second-order valence-corrected chi connectivity index (χ2v) is 4.34. The van der Waals surface area contributed by atoms with Crippen molar-refractivity contribution in [1.29, 1.82) is 0 Å². The molecular formula is C11H20O10. The van der Waals surface area contributed by atoms with E-state index in [1.165, 1.54) is 0 Å². The number of carbonyl (C=O) groups is 3. The van der Waals surface area contributed by atoms with Crippen LogP contribution in [-0.2, 0) is 14.4 Å². The minimum absolute atomic E-state index is 0.301. The molecule has 0 saturated carbocycles. The van der Waals surface area contributed by atoms with E-state index in [9.17, 15) is 14.4 Å². The van der Waals surface area contributed by atoms with E-state index in [2.05, 4.69) is 0 Å². The highest BCUT2D eigenvalue weighted by atomic mass is 16.5. The van der Waals surface area contributed by atoms with Crippen LogP contribution in [0.4, 0.5) is 0 Å². The van der Waals surface area contributed by atoms with Gasteiger partial charge >= 0.3 is 17.9 Å². The van der Waals surface area contributed by atoms with Crippen LogP contribution in [0.15, 0.2) is 0 Å². The minimum atomic E-state index is -3.16. The highest BCUT2D eigenvalue weighted by molar-refractivity contribution is 5.81. The number of aliphatic carboxylic acids is 3. The molecule has 0 fully saturated rings. The molecule has 0 atom stereocenters. The van der Waals surface area contributed by atoms with Gasteiger partial charge in [-0.05, 0) is 6.42 Å². The summed E-state index contributed by atoms with van der Waals surface area (Å²) >= 11 is 0. The van der Waals surface area contributed by atoms with Gasteiger partial charge in [0, 0.05) is 0 Å². The Morgan fingerprint density at radius 3 is 1.43 bits per heavy atom. The van der Waals surface area contributed by atoms with Crippen LogP contribution in [0, 0.1) is 5.41 Å². The van der Waals surface area contributed by atoms with Crippen LogP contribution in [0.2, 0.25) is 0 Å². The molecule has 0 amide bonds. The van der Waals surface area contributed by atoms with Gasteiger partial charge in [0.1, 0.15) is 11.8 Å². The fourth-order valence-corrected chi connectivity index (χ4v) is 1.22. The quantitative estimate of drug-likeness (QED) is 0.248. The van der Waals surface area contributed by atoms with Crippen LogP contribution >= 0.6 is 0 Å². The lowest BCUT2D eigenvalue weighted by Crippen LogP contribution is -2.40. The molecule has 0 rings (SSSR count). The zero-order valence-electron chi connectivity index (χ0n) is 11.4. The Hall–Kier alpha value is -1.75. The molecule has 0 aliphatic carbocycles. The summed E-state index contributed by atoms with van der Waals surface area (Å²) in [6.45, 7) is 0.794. The van der Waals surface area contributed by atoms with Gasteiger partial charge in [0.25, 0.3) is 5.79 Å². The normalized spacial score (nSPS) is 11.3. The Bertz CT molecular complexity index is 358. The van der Waals surface area contributed by atoms with Crippen LogP contribution in [0.25, 0.3) is 0 Å². The molecule has 7 N–H and O–H groups in total. The lowest BCUT2D eigenvalue weighted by Gasteiger charge is -2.23. The third-order valence-corrected chi connectivity index (χ3v) is 2.53. The number of aliphatic hydroxyl groups is 4. The first-order valence-electron chi connectivity index (χ1n) is 5.84. The van der Waals surface area contributed by atoms with Crippen molar-refractivity contribution in [2.24, 2.45) is 5.41 Å². The van der Waals surface area contributed by atoms with E-state index < -0.39 is 48.7 Å². The van der Waals surface area contributed by atoms with Crippen molar-refractivity contribution >= 4 is 17.9 Å². The van der Waals surface area contributed by atoms with Crippen molar-refractivity contribution in [2.45, 2.75) is 32.0 Å². The topological polar surface area (TPSA) is 193 Å². The van der Waals surface area contributed by atoms with Gasteiger partial charge in [-0.1, -0.05) is 13.3 Å². The maximum absolute atomic E-state index is 10.6. The van der Waals surface area contributed by atoms with Crippen molar-refractivity contribution in [3.05, 3.63) is 0 Å². The summed E-state index contributed by atoms with van der Waals surface area (Å²) in [5.41, 5.74) is -1.34. The zero-order chi connectivity index (χ0) is 17.3.